The molecule has 0 aliphatic carbocycles. The highest BCUT2D eigenvalue weighted by molar-refractivity contribution is 7.89. The van der Waals surface area contributed by atoms with Crippen LogP contribution in [0.15, 0.2) is 47.5 Å². The minimum absolute atomic E-state index is 0.104. The first-order chi connectivity index (χ1) is 11.2. The van der Waals surface area contributed by atoms with Gasteiger partial charge in [0.2, 0.25) is 10.0 Å². The number of halogens is 1. The Balaban J connectivity index is 2.19. The maximum absolute atomic E-state index is 12.4. The molecule has 0 bridgehead atoms. The van der Waals surface area contributed by atoms with Crippen molar-refractivity contribution >= 4 is 33.2 Å². The van der Waals surface area contributed by atoms with Gasteiger partial charge in [-0.15, -0.1) is 0 Å². The number of hydrogen-bond donors (Lipinski definition) is 1. The van der Waals surface area contributed by atoms with Gasteiger partial charge in [0, 0.05) is 25.0 Å². The molecule has 0 aliphatic rings. The third-order valence-corrected chi connectivity index (χ3v) is 5.87. The van der Waals surface area contributed by atoms with Gasteiger partial charge in [-0.05, 0) is 50.2 Å². The van der Waals surface area contributed by atoms with Crippen molar-refractivity contribution in [1.82, 2.24) is 9.29 Å². The standard InChI is InChI=1S/C16H18ClN3O3S/c1-11(2)20(3)24(22,23)13-8-6-12(7-9-13)19-16(21)14-5-4-10-18-15(14)17/h4-11H,1-3H3,(H,19,21). The third kappa shape index (κ3) is 3.92. The molecule has 1 heterocycles. The Morgan fingerprint density at radius 1 is 1.21 bits per heavy atom. The summed E-state index contributed by atoms with van der Waals surface area (Å²) in [5.41, 5.74) is 0.710. The highest BCUT2D eigenvalue weighted by Gasteiger charge is 2.23. The average molecular weight is 368 g/mol. The fourth-order valence-electron chi connectivity index (χ4n) is 1.91. The molecule has 0 fully saturated rings. The molecule has 128 valence electrons. The Kier molecular flexibility index (Phi) is 5.58. The van der Waals surface area contributed by atoms with Crippen molar-refractivity contribution in [1.29, 1.82) is 0 Å². The van der Waals surface area contributed by atoms with E-state index in [1.165, 1.54) is 41.8 Å². The normalized spacial score (nSPS) is 11.8. The zero-order valence-corrected chi connectivity index (χ0v) is 15.1. The van der Waals surface area contributed by atoms with E-state index in [1.807, 2.05) is 0 Å². The van der Waals surface area contributed by atoms with Gasteiger partial charge in [0.25, 0.3) is 5.91 Å². The van der Waals surface area contributed by atoms with E-state index in [4.69, 9.17) is 11.6 Å². The number of aromatic nitrogens is 1. The molecule has 1 amide bonds. The van der Waals surface area contributed by atoms with Crippen molar-refractivity contribution in [3.05, 3.63) is 53.3 Å². The first-order valence-electron chi connectivity index (χ1n) is 7.23. The lowest BCUT2D eigenvalue weighted by Crippen LogP contribution is -2.33. The first kappa shape index (κ1) is 18.4. The summed E-state index contributed by atoms with van der Waals surface area (Å²) in [6, 6.07) is 8.98. The summed E-state index contributed by atoms with van der Waals surface area (Å²) < 4.78 is 26.1. The SMILES string of the molecule is CC(C)N(C)S(=O)(=O)c1ccc(NC(=O)c2cccnc2Cl)cc1. The molecule has 24 heavy (non-hydrogen) atoms. The summed E-state index contributed by atoms with van der Waals surface area (Å²) in [7, 11) is -2.02. The second-order valence-corrected chi connectivity index (χ2v) is 7.79. The molecule has 0 atom stereocenters. The number of pyridine rings is 1. The van der Waals surface area contributed by atoms with Gasteiger partial charge in [0.15, 0.2) is 0 Å². The fraction of sp³-hybridized carbons (Fsp3) is 0.250. The molecule has 1 N–H and O–H groups in total. The van der Waals surface area contributed by atoms with Gasteiger partial charge >= 0.3 is 0 Å². The van der Waals surface area contributed by atoms with Gasteiger partial charge in [0.1, 0.15) is 5.15 Å². The lowest BCUT2D eigenvalue weighted by molar-refractivity contribution is 0.102. The molecular weight excluding hydrogens is 350 g/mol. The number of sulfonamides is 1. The van der Waals surface area contributed by atoms with Crippen LogP contribution in [-0.2, 0) is 10.0 Å². The van der Waals surface area contributed by atoms with Crippen LogP contribution in [0.2, 0.25) is 5.15 Å². The van der Waals surface area contributed by atoms with Crippen molar-refractivity contribution in [3.63, 3.8) is 0 Å². The molecule has 6 nitrogen and oxygen atoms in total. The maximum Gasteiger partial charge on any atom is 0.258 e. The van der Waals surface area contributed by atoms with E-state index >= 15 is 0 Å². The number of nitrogens with zero attached hydrogens (tertiary/aromatic N) is 2. The van der Waals surface area contributed by atoms with E-state index < -0.39 is 15.9 Å². The first-order valence-corrected chi connectivity index (χ1v) is 9.05. The van der Waals surface area contributed by atoms with Crippen molar-refractivity contribution in [3.8, 4) is 0 Å². The van der Waals surface area contributed by atoms with Crippen LogP contribution in [0, 0.1) is 0 Å². The van der Waals surface area contributed by atoms with Gasteiger partial charge in [-0.1, -0.05) is 11.6 Å². The highest BCUT2D eigenvalue weighted by atomic mass is 35.5. The van der Waals surface area contributed by atoms with E-state index in [9.17, 15) is 13.2 Å². The van der Waals surface area contributed by atoms with E-state index in [-0.39, 0.29) is 21.7 Å². The smallest absolute Gasteiger partial charge is 0.258 e. The van der Waals surface area contributed by atoms with Gasteiger partial charge in [-0.25, -0.2) is 13.4 Å². The van der Waals surface area contributed by atoms with Crippen LogP contribution in [0.5, 0.6) is 0 Å². The Labute approximate surface area is 146 Å². The minimum Gasteiger partial charge on any atom is -0.322 e. The van der Waals surface area contributed by atoms with E-state index in [1.54, 1.807) is 26.0 Å². The van der Waals surface area contributed by atoms with E-state index in [2.05, 4.69) is 10.3 Å². The zero-order chi connectivity index (χ0) is 17.9. The molecular formula is C16H18ClN3O3S. The monoisotopic (exact) mass is 367 g/mol. The number of benzene rings is 1. The van der Waals surface area contributed by atoms with Crippen molar-refractivity contribution < 1.29 is 13.2 Å². The second-order valence-electron chi connectivity index (χ2n) is 5.44. The molecule has 0 spiro atoms. The highest BCUT2D eigenvalue weighted by Crippen LogP contribution is 2.20. The lowest BCUT2D eigenvalue weighted by Gasteiger charge is -2.21. The minimum atomic E-state index is -3.55. The van der Waals surface area contributed by atoms with Crippen LogP contribution in [0.4, 0.5) is 5.69 Å². The Morgan fingerprint density at radius 3 is 2.38 bits per heavy atom. The quantitative estimate of drug-likeness (QED) is 0.824. The molecule has 1 aromatic heterocycles. The average Bonchev–Trinajstić information content (AvgIpc) is 2.54. The van der Waals surface area contributed by atoms with Crippen LogP contribution in [0.3, 0.4) is 0 Å². The maximum atomic E-state index is 12.4. The largest absolute Gasteiger partial charge is 0.322 e. The number of amides is 1. The number of carbonyl (C=O) groups excluding carboxylic acids is 1. The summed E-state index contributed by atoms with van der Waals surface area (Å²) in [5.74, 6) is -0.414. The predicted molar refractivity (Wildman–Crippen MR) is 93.7 cm³/mol. The summed E-state index contributed by atoms with van der Waals surface area (Å²) in [6.07, 6.45) is 1.49. The van der Waals surface area contributed by atoms with Crippen molar-refractivity contribution in [2.45, 2.75) is 24.8 Å². The zero-order valence-electron chi connectivity index (χ0n) is 13.5. The van der Waals surface area contributed by atoms with Crippen molar-refractivity contribution in [2.75, 3.05) is 12.4 Å². The van der Waals surface area contributed by atoms with Gasteiger partial charge in [-0.3, -0.25) is 4.79 Å². The molecule has 2 aromatic rings. The number of hydrogen-bond acceptors (Lipinski definition) is 4. The molecule has 1 aromatic carbocycles. The Morgan fingerprint density at radius 2 is 1.83 bits per heavy atom. The van der Waals surface area contributed by atoms with Crippen LogP contribution in [0.25, 0.3) is 0 Å². The van der Waals surface area contributed by atoms with Gasteiger partial charge in [0.05, 0.1) is 10.5 Å². The molecule has 2 rings (SSSR count). The van der Waals surface area contributed by atoms with Crippen molar-refractivity contribution in [2.24, 2.45) is 0 Å². The van der Waals surface area contributed by atoms with E-state index in [0.29, 0.717) is 5.69 Å². The van der Waals surface area contributed by atoms with Gasteiger partial charge < -0.3 is 5.32 Å². The molecule has 0 saturated carbocycles. The van der Waals surface area contributed by atoms with Crippen LogP contribution in [-0.4, -0.2) is 36.7 Å². The number of anilines is 1. The van der Waals surface area contributed by atoms with Gasteiger partial charge in [-0.2, -0.15) is 4.31 Å². The Hall–Kier alpha value is -1.96. The topological polar surface area (TPSA) is 79.4 Å². The van der Waals surface area contributed by atoms with E-state index in [0.717, 1.165) is 0 Å². The summed E-state index contributed by atoms with van der Waals surface area (Å²) in [6.45, 7) is 3.59. The molecule has 0 saturated heterocycles. The molecule has 0 radical (unpaired) electrons. The summed E-state index contributed by atoms with van der Waals surface area (Å²) in [5, 5.41) is 2.76. The summed E-state index contributed by atoms with van der Waals surface area (Å²) in [4.78, 5) is 16.2. The number of rotatable bonds is 5. The lowest BCUT2D eigenvalue weighted by atomic mass is 10.2. The third-order valence-electron chi connectivity index (χ3n) is 3.52. The summed E-state index contributed by atoms with van der Waals surface area (Å²) >= 11 is 5.88. The van der Waals surface area contributed by atoms with Crippen LogP contribution in [0.1, 0.15) is 24.2 Å². The Bertz CT molecular complexity index is 836. The predicted octanol–water partition coefficient (Wildman–Crippen LogP) is 3.02. The molecule has 0 unspecified atom stereocenters. The fourth-order valence-corrected chi connectivity index (χ4v) is 3.48. The number of carbonyl (C=O) groups is 1. The van der Waals surface area contributed by atoms with Crippen LogP contribution >= 0.6 is 11.6 Å². The molecule has 8 heteroatoms. The second kappa shape index (κ2) is 7.29. The van der Waals surface area contributed by atoms with Crippen LogP contribution < -0.4 is 5.32 Å². The number of nitrogens with one attached hydrogen (secondary N) is 1. The molecule has 0 aliphatic heterocycles.